The Morgan fingerprint density at radius 3 is 2.52 bits per heavy atom. The number of halogens is 2. The maximum absolute atomic E-state index is 12.8. The predicted molar refractivity (Wildman–Crippen MR) is 103 cm³/mol. The summed E-state index contributed by atoms with van der Waals surface area (Å²) in [7, 11) is 0. The number of rotatable bonds is 6. The second-order valence-electron chi connectivity index (χ2n) is 6.54. The number of nitrogens with zero attached hydrogens (tertiary/aromatic N) is 3. The molecule has 1 aliphatic carbocycles. The first-order valence-electron chi connectivity index (χ1n) is 8.71. The zero-order chi connectivity index (χ0) is 18.8. The van der Waals surface area contributed by atoms with E-state index in [4.69, 9.17) is 27.6 Å². The fourth-order valence-corrected chi connectivity index (χ4v) is 3.23. The third kappa shape index (κ3) is 4.31. The minimum atomic E-state index is 0.0392. The number of aromatic nitrogens is 2. The van der Waals surface area contributed by atoms with Crippen LogP contribution < -0.4 is 0 Å². The van der Waals surface area contributed by atoms with E-state index in [-0.39, 0.29) is 11.9 Å². The number of benzene rings is 2. The molecule has 3 aromatic rings. The van der Waals surface area contributed by atoms with Crippen LogP contribution in [0, 0.1) is 0 Å². The van der Waals surface area contributed by atoms with E-state index < -0.39 is 0 Å². The smallest absolute Gasteiger partial charge is 0.249 e. The van der Waals surface area contributed by atoms with Gasteiger partial charge in [0.05, 0.1) is 23.6 Å². The van der Waals surface area contributed by atoms with Crippen molar-refractivity contribution in [3.8, 4) is 11.5 Å². The Labute approximate surface area is 166 Å². The Kier molecular flexibility index (Phi) is 5.14. The van der Waals surface area contributed by atoms with Crippen molar-refractivity contribution in [3.05, 3.63) is 70.0 Å². The van der Waals surface area contributed by atoms with Crippen molar-refractivity contribution in [2.45, 2.75) is 31.8 Å². The molecular formula is C20H17Cl2N3O2. The molecule has 1 amide bonds. The highest BCUT2D eigenvalue weighted by atomic mass is 35.5. The van der Waals surface area contributed by atoms with Gasteiger partial charge >= 0.3 is 0 Å². The van der Waals surface area contributed by atoms with Gasteiger partial charge in [0, 0.05) is 11.1 Å². The largest absolute Gasteiger partial charge is 0.419 e. The maximum atomic E-state index is 12.8. The van der Waals surface area contributed by atoms with E-state index in [0.29, 0.717) is 40.4 Å². The summed E-state index contributed by atoms with van der Waals surface area (Å²) >= 11 is 12.1. The highest BCUT2D eigenvalue weighted by Gasteiger charge is 2.33. The molecular weight excluding hydrogens is 385 g/mol. The second kappa shape index (κ2) is 7.71. The van der Waals surface area contributed by atoms with Gasteiger partial charge in [0.2, 0.25) is 17.7 Å². The van der Waals surface area contributed by atoms with Crippen LogP contribution in [0.1, 0.15) is 24.3 Å². The molecule has 0 bridgehead atoms. The third-order valence-electron chi connectivity index (χ3n) is 4.45. The second-order valence-corrected chi connectivity index (χ2v) is 7.38. The van der Waals surface area contributed by atoms with Gasteiger partial charge in [0.25, 0.3) is 0 Å². The Morgan fingerprint density at radius 1 is 1.07 bits per heavy atom. The number of carbonyl (C=O) groups excluding carboxylic acids is 1. The van der Waals surface area contributed by atoms with Gasteiger partial charge < -0.3 is 9.32 Å². The fourth-order valence-electron chi connectivity index (χ4n) is 2.89. The maximum Gasteiger partial charge on any atom is 0.249 e. The molecule has 1 saturated carbocycles. The van der Waals surface area contributed by atoms with Crippen LogP contribution in [0.15, 0.2) is 52.9 Å². The molecule has 4 rings (SSSR count). The van der Waals surface area contributed by atoms with Gasteiger partial charge in [-0.1, -0.05) is 47.5 Å². The number of carbonyl (C=O) groups is 1. The van der Waals surface area contributed by atoms with Gasteiger partial charge in [0.1, 0.15) is 0 Å². The molecule has 7 heteroatoms. The summed E-state index contributed by atoms with van der Waals surface area (Å²) in [6.07, 6.45) is 2.31. The minimum Gasteiger partial charge on any atom is -0.419 e. The van der Waals surface area contributed by atoms with Crippen LogP contribution in [0.4, 0.5) is 0 Å². The standard InChI is InChI=1S/C20H17Cl2N3O2/c21-14-7-5-13(6-8-14)11-19(26)25(15-9-10-15)12-18-23-24-20(27-18)16-3-1-2-4-17(16)22/h1-8,15H,9-12H2. The molecule has 0 radical (unpaired) electrons. The summed E-state index contributed by atoms with van der Waals surface area (Å²) < 4.78 is 5.76. The van der Waals surface area contributed by atoms with Gasteiger partial charge in [-0.2, -0.15) is 0 Å². The molecule has 1 fully saturated rings. The Morgan fingerprint density at radius 2 is 1.81 bits per heavy atom. The van der Waals surface area contributed by atoms with Crippen LogP contribution in [0.25, 0.3) is 11.5 Å². The molecule has 27 heavy (non-hydrogen) atoms. The highest BCUT2D eigenvalue weighted by molar-refractivity contribution is 6.33. The molecule has 1 heterocycles. The van der Waals surface area contributed by atoms with E-state index >= 15 is 0 Å². The van der Waals surface area contributed by atoms with Gasteiger partial charge in [0.15, 0.2) is 0 Å². The van der Waals surface area contributed by atoms with Crippen LogP contribution in [0.2, 0.25) is 10.0 Å². The zero-order valence-corrected chi connectivity index (χ0v) is 16.0. The zero-order valence-electron chi connectivity index (χ0n) is 14.4. The summed E-state index contributed by atoms with van der Waals surface area (Å²) in [4.78, 5) is 14.6. The van der Waals surface area contributed by atoms with E-state index in [0.717, 1.165) is 18.4 Å². The lowest BCUT2D eigenvalue weighted by Crippen LogP contribution is -2.33. The lowest BCUT2D eigenvalue weighted by atomic mass is 10.1. The first-order valence-corrected chi connectivity index (χ1v) is 9.47. The van der Waals surface area contributed by atoms with Crippen LogP contribution in [0.3, 0.4) is 0 Å². The van der Waals surface area contributed by atoms with Crippen molar-refractivity contribution in [2.75, 3.05) is 0 Å². The Balaban J connectivity index is 1.48. The average Bonchev–Trinajstić information content (AvgIpc) is 3.40. The van der Waals surface area contributed by atoms with Crippen molar-refractivity contribution >= 4 is 29.1 Å². The van der Waals surface area contributed by atoms with E-state index in [2.05, 4.69) is 10.2 Å². The van der Waals surface area contributed by atoms with E-state index in [1.165, 1.54) is 0 Å². The van der Waals surface area contributed by atoms with Gasteiger partial charge in [-0.05, 0) is 42.7 Å². The van der Waals surface area contributed by atoms with Crippen LogP contribution in [-0.4, -0.2) is 27.0 Å². The molecule has 0 N–H and O–H groups in total. The third-order valence-corrected chi connectivity index (χ3v) is 5.03. The molecule has 0 spiro atoms. The summed E-state index contributed by atoms with van der Waals surface area (Å²) in [5, 5.41) is 9.38. The lowest BCUT2D eigenvalue weighted by molar-refractivity contribution is -0.132. The Hall–Kier alpha value is -2.37. The average molecular weight is 402 g/mol. The Bertz CT molecular complexity index is 952. The van der Waals surface area contributed by atoms with Crippen molar-refractivity contribution in [2.24, 2.45) is 0 Å². The molecule has 0 aliphatic heterocycles. The summed E-state index contributed by atoms with van der Waals surface area (Å²) in [6, 6.07) is 14.8. The molecule has 0 saturated heterocycles. The van der Waals surface area contributed by atoms with Gasteiger partial charge in [-0.25, -0.2) is 0 Å². The molecule has 138 valence electrons. The first kappa shape index (κ1) is 18.0. The molecule has 0 unspecified atom stereocenters. The lowest BCUT2D eigenvalue weighted by Gasteiger charge is -2.20. The quantitative estimate of drug-likeness (QED) is 0.596. The van der Waals surface area contributed by atoms with Gasteiger partial charge in [-0.3, -0.25) is 4.79 Å². The van der Waals surface area contributed by atoms with Crippen molar-refractivity contribution in [1.82, 2.24) is 15.1 Å². The summed E-state index contributed by atoms with van der Waals surface area (Å²) in [5.74, 6) is 0.801. The molecule has 2 aromatic carbocycles. The van der Waals surface area contributed by atoms with E-state index in [1.54, 1.807) is 18.2 Å². The summed E-state index contributed by atoms with van der Waals surface area (Å²) in [5.41, 5.74) is 1.61. The van der Waals surface area contributed by atoms with Crippen LogP contribution in [-0.2, 0) is 17.8 Å². The van der Waals surface area contributed by atoms with Crippen molar-refractivity contribution < 1.29 is 9.21 Å². The molecule has 0 atom stereocenters. The van der Waals surface area contributed by atoms with E-state index in [9.17, 15) is 4.79 Å². The molecule has 5 nitrogen and oxygen atoms in total. The topological polar surface area (TPSA) is 59.2 Å². The fraction of sp³-hybridized carbons (Fsp3) is 0.250. The highest BCUT2D eigenvalue weighted by Crippen LogP contribution is 2.30. The van der Waals surface area contributed by atoms with Crippen molar-refractivity contribution in [1.29, 1.82) is 0 Å². The first-order chi connectivity index (χ1) is 13.1. The van der Waals surface area contributed by atoms with E-state index in [1.807, 2.05) is 35.2 Å². The van der Waals surface area contributed by atoms with Gasteiger partial charge in [-0.15, -0.1) is 10.2 Å². The minimum absolute atomic E-state index is 0.0392. The SMILES string of the molecule is O=C(Cc1ccc(Cl)cc1)N(Cc1nnc(-c2ccccc2Cl)o1)C1CC1. The van der Waals surface area contributed by atoms with Crippen molar-refractivity contribution in [3.63, 3.8) is 0 Å². The molecule has 1 aliphatic rings. The van der Waals surface area contributed by atoms with Crippen LogP contribution in [0.5, 0.6) is 0 Å². The summed E-state index contributed by atoms with van der Waals surface area (Å²) in [6.45, 7) is 0.300. The predicted octanol–water partition coefficient (Wildman–Crippen LogP) is 4.78. The number of hydrogen-bond donors (Lipinski definition) is 0. The monoisotopic (exact) mass is 401 g/mol. The number of hydrogen-bond acceptors (Lipinski definition) is 4. The van der Waals surface area contributed by atoms with Crippen LogP contribution >= 0.6 is 23.2 Å². The normalized spacial score (nSPS) is 13.6. The molecule has 1 aromatic heterocycles. The number of amides is 1.